The van der Waals surface area contributed by atoms with E-state index in [9.17, 15) is 9.18 Å². The minimum atomic E-state index is -0.292. The molecule has 3 rings (SSSR count). The summed E-state index contributed by atoms with van der Waals surface area (Å²) in [5.41, 5.74) is 1.72. The van der Waals surface area contributed by atoms with Crippen LogP contribution >= 0.6 is 0 Å². The summed E-state index contributed by atoms with van der Waals surface area (Å²) in [7, 11) is 0. The monoisotopic (exact) mass is 312 g/mol. The van der Waals surface area contributed by atoms with Gasteiger partial charge in [-0.25, -0.2) is 14.4 Å². The number of benzene rings is 1. The van der Waals surface area contributed by atoms with Crippen molar-refractivity contribution in [3.63, 3.8) is 0 Å². The molecule has 0 radical (unpaired) electrons. The van der Waals surface area contributed by atoms with E-state index in [0.29, 0.717) is 17.9 Å². The van der Waals surface area contributed by atoms with Gasteiger partial charge in [0.25, 0.3) is 5.91 Å². The first-order valence-electron chi connectivity index (χ1n) is 7.46. The predicted molar refractivity (Wildman–Crippen MR) is 84.5 cm³/mol. The van der Waals surface area contributed by atoms with E-state index in [1.165, 1.54) is 12.1 Å². The predicted octanol–water partition coefficient (Wildman–Crippen LogP) is 3.09. The summed E-state index contributed by atoms with van der Waals surface area (Å²) in [6, 6.07) is 6.00. The summed E-state index contributed by atoms with van der Waals surface area (Å²) in [6.07, 6.45) is 6.73. The molecule has 6 heteroatoms. The van der Waals surface area contributed by atoms with Crippen molar-refractivity contribution in [2.24, 2.45) is 0 Å². The van der Waals surface area contributed by atoms with Gasteiger partial charge in [0.05, 0.1) is 6.04 Å². The van der Waals surface area contributed by atoms with E-state index >= 15 is 0 Å². The van der Waals surface area contributed by atoms with Gasteiger partial charge >= 0.3 is 0 Å². The first kappa shape index (κ1) is 15.1. The topological polar surface area (TPSA) is 50.5 Å². The number of hydrogen-bond acceptors (Lipinski definition) is 3. The molecule has 1 atom stereocenters. The number of imidazole rings is 1. The molecule has 0 aliphatic rings. The first-order chi connectivity index (χ1) is 11.1. The van der Waals surface area contributed by atoms with E-state index in [0.717, 1.165) is 5.56 Å². The highest BCUT2D eigenvalue weighted by molar-refractivity contribution is 5.98. The summed E-state index contributed by atoms with van der Waals surface area (Å²) >= 11 is 0. The van der Waals surface area contributed by atoms with Crippen LogP contribution < -0.4 is 0 Å². The number of nitrogens with zero attached hydrogens (tertiary/aromatic N) is 4. The van der Waals surface area contributed by atoms with Gasteiger partial charge in [-0.05, 0) is 31.5 Å². The lowest BCUT2D eigenvalue weighted by Gasteiger charge is -2.28. The van der Waals surface area contributed by atoms with Crippen LogP contribution in [0.15, 0.2) is 49.1 Å². The largest absolute Gasteiger partial charge is 0.331 e. The Morgan fingerprint density at radius 3 is 2.52 bits per heavy atom. The molecule has 2 heterocycles. The van der Waals surface area contributed by atoms with Gasteiger partial charge < -0.3 is 9.30 Å². The van der Waals surface area contributed by atoms with E-state index in [-0.39, 0.29) is 17.8 Å². The Labute approximate surface area is 133 Å². The molecule has 5 nitrogen and oxygen atoms in total. The molecule has 2 aromatic heterocycles. The number of fused-ring (bicyclic) bond motifs is 1. The molecule has 23 heavy (non-hydrogen) atoms. The second kappa shape index (κ2) is 6.16. The fraction of sp³-hybridized carbons (Fsp3) is 0.235. The number of hydrogen-bond donors (Lipinski definition) is 0. The van der Waals surface area contributed by atoms with Crippen LogP contribution in [-0.4, -0.2) is 31.7 Å². The molecule has 0 bridgehead atoms. The standard InChI is InChI=1S/C17H17FN4O/c1-3-22(12(2)13-4-6-14(18)7-5-13)17(23)15-16-20-9-11-21(16)10-8-19-15/h4-12H,3H2,1-2H3/t12-/m1/s1. The highest BCUT2D eigenvalue weighted by atomic mass is 19.1. The maximum atomic E-state index is 13.1. The molecule has 0 spiro atoms. The fourth-order valence-electron chi connectivity index (χ4n) is 2.66. The van der Waals surface area contributed by atoms with Crippen LogP contribution in [0, 0.1) is 5.82 Å². The van der Waals surface area contributed by atoms with Crippen LogP contribution in [-0.2, 0) is 0 Å². The van der Waals surface area contributed by atoms with Crippen molar-refractivity contribution in [2.75, 3.05) is 6.54 Å². The number of halogens is 1. The van der Waals surface area contributed by atoms with E-state index in [1.807, 2.05) is 13.8 Å². The Kier molecular flexibility index (Phi) is 4.06. The van der Waals surface area contributed by atoms with Crippen molar-refractivity contribution in [3.8, 4) is 0 Å². The SMILES string of the molecule is CCN(C(=O)c1nccn2ccnc12)[C@H](C)c1ccc(F)cc1. The van der Waals surface area contributed by atoms with Gasteiger partial charge in [0, 0.05) is 31.3 Å². The third kappa shape index (κ3) is 2.79. The maximum absolute atomic E-state index is 13.1. The average Bonchev–Trinajstić information content (AvgIpc) is 3.04. The Bertz CT molecular complexity index is 828. The third-order valence-electron chi connectivity index (χ3n) is 3.94. The summed E-state index contributed by atoms with van der Waals surface area (Å²) in [4.78, 5) is 23.0. The van der Waals surface area contributed by atoms with Gasteiger partial charge in [-0.3, -0.25) is 4.79 Å². The van der Waals surface area contributed by atoms with Crippen LogP contribution in [0.5, 0.6) is 0 Å². The van der Waals surface area contributed by atoms with Crippen LogP contribution in [0.1, 0.15) is 35.9 Å². The molecular weight excluding hydrogens is 295 g/mol. The highest BCUT2D eigenvalue weighted by Crippen LogP contribution is 2.22. The van der Waals surface area contributed by atoms with Gasteiger partial charge in [0.15, 0.2) is 11.3 Å². The van der Waals surface area contributed by atoms with Crippen molar-refractivity contribution in [1.29, 1.82) is 0 Å². The lowest BCUT2D eigenvalue weighted by molar-refractivity contribution is 0.0697. The molecule has 0 fully saturated rings. The highest BCUT2D eigenvalue weighted by Gasteiger charge is 2.24. The number of carbonyl (C=O) groups is 1. The van der Waals surface area contributed by atoms with Crippen LogP contribution in [0.3, 0.4) is 0 Å². The zero-order valence-electron chi connectivity index (χ0n) is 13.0. The van der Waals surface area contributed by atoms with Crippen LogP contribution in [0.4, 0.5) is 4.39 Å². The van der Waals surface area contributed by atoms with E-state index < -0.39 is 0 Å². The Morgan fingerprint density at radius 1 is 1.22 bits per heavy atom. The normalized spacial score (nSPS) is 12.3. The molecule has 1 amide bonds. The molecule has 0 saturated heterocycles. The molecule has 3 aromatic rings. The molecule has 118 valence electrons. The van der Waals surface area contributed by atoms with E-state index in [1.54, 1.807) is 46.2 Å². The second-order valence-corrected chi connectivity index (χ2v) is 5.25. The zero-order valence-corrected chi connectivity index (χ0v) is 13.0. The number of rotatable bonds is 4. The average molecular weight is 312 g/mol. The van der Waals surface area contributed by atoms with Crippen molar-refractivity contribution in [3.05, 3.63) is 66.1 Å². The van der Waals surface area contributed by atoms with E-state index in [4.69, 9.17) is 0 Å². The van der Waals surface area contributed by atoms with Gasteiger partial charge in [0.1, 0.15) is 5.82 Å². The third-order valence-corrected chi connectivity index (χ3v) is 3.94. The van der Waals surface area contributed by atoms with E-state index in [2.05, 4.69) is 9.97 Å². The maximum Gasteiger partial charge on any atom is 0.276 e. The smallest absolute Gasteiger partial charge is 0.276 e. The Morgan fingerprint density at radius 2 is 1.87 bits per heavy atom. The number of aromatic nitrogens is 3. The molecule has 0 N–H and O–H groups in total. The van der Waals surface area contributed by atoms with Gasteiger partial charge in [0.2, 0.25) is 0 Å². The van der Waals surface area contributed by atoms with Gasteiger partial charge in [-0.2, -0.15) is 0 Å². The molecule has 0 saturated carbocycles. The summed E-state index contributed by atoms with van der Waals surface area (Å²) in [5.74, 6) is -0.486. The minimum absolute atomic E-state index is 0.190. The van der Waals surface area contributed by atoms with Crippen molar-refractivity contribution < 1.29 is 9.18 Å². The van der Waals surface area contributed by atoms with Gasteiger partial charge in [-0.15, -0.1) is 0 Å². The van der Waals surface area contributed by atoms with Crippen molar-refractivity contribution in [2.45, 2.75) is 19.9 Å². The fourth-order valence-corrected chi connectivity index (χ4v) is 2.66. The lowest BCUT2D eigenvalue weighted by atomic mass is 10.1. The van der Waals surface area contributed by atoms with Crippen molar-refractivity contribution >= 4 is 11.6 Å². The number of carbonyl (C=O) groups excluding carboxylic acids is 1. The van der Waals surface area contributed by atoms with Gasteiger partial charge in [-0.1, -0.05) is 12.1 Å². The molecule has 0 unspecified atom stereocenters. The summed E-state index contributed by atoms with van der Waals surface area (Å²) in [5, 5.41) is 0. The molecular formula is C17H17FN4O. The zero-order chi connectivity index (χ0) is 16.4. The molecule has 1 aromatic carbocycles. The molecule has 0 aliphatic carbocycles. The minimum Gasteiger partial charge on any atom is -0.331 e. The Balaban J connectivity index is 1.95. The lowest BCUT2D eigenvalue weighted by Crippen LogP contribution is -2.34. The summed E-state index contributed by atoms with van der Waals surface area (Å²) in [6.45, 7) is 4.34. The summed E-state index contributed by atoms with van der Waals surface area (Å²) < 4.78 is 14.9. The van der Waals surface area contributed by atoms with Crippen molar-refractivity contribution in [1.82, 2.24) is 19.3 Å². The quantitative estimate of drug-likeness (QED) is 0.744. The Hall–Kier alpha value is -2.76. The first-order valence-corrected chi connectivity index (χ1v) is 7.46. The van der Waals surface area contributed by atoms with Crippen LogP contribution in [0.2, 0.25) is 0 Å². The number of amides is 1. The van der Waals surface area contributed by atoms with Crippen LogP contribution in [0.25, 0.3) is 5.65 Å². The second-order valence-electron chi connectivity index (χ2n) is 5.25. The molecule has 0 aliphatic heterocycles.